The van der Waals surface area contributed by atoms with Gasteiger partial charge < -0.3 is 5.32 Å². The van der Waals surface area contributed by atoms with Gasteiger partial charge in [0.05, 0.1) is 10.9 Å². The van der Waals surface area contributed by atoms with E-state index >= 15 is 0 Å². The highest BCUT2D eigenvalue weighted by Gasteiger charge is 2.41. The lowest BCUT2D eigenvalue weighted by Gasteiger charge is -2.35. The van der Waals surface area contributed by atoms with Gasteiger partial charge in [0.2, 0.25) is 10.0 Å². The van der Waals surface area contributed by atoms with E-state index in [9.17, 15) is 21.6 Å². The Bertz CT molecular complexity index is 905. The van der Waals surface area contributed by atoms with Gasteiger partial charge in [0.1, 0.15) is 11.5 Å². The van der Waals surface area contributed by atoms with E-state index < -0.39 is 38.4 Å². The summed E-state index contributed by atoms with van der Waals surface area (Å²) >= 11 is 0. The Labute approximate surface area is 162 Å². The summed E-state index contributed by atoms with van der Waals surface area (Å²) in [5.74, 6) is -2.49. The van der Waals surface area contributed by atoms with Crippen LogP contribution in [0.15, 0.2) is 36.4 Å². The lowest BCUT2D eigenvalue weighted by atomic mass is 10.0. The van der Waals surface area contributed by atoms with E-state index in [1.807, 2.05) is 0 Å². The van der Waals surface area contributed by atoms with Crippen molar-refractivity contribution in [2.45, 2.75) is 24.5 Å². The first kappa shape index (κ1) is 21.5. The number of halogens is 4. The monoisotopic (exact) mass is 420 g/mol. The molecule has 0 aliphatic carbocycles. The molecule has 2 aromatic carbocycles. The first-order valence-electron chi connectivity index (χ1n) is 8.27. The fourth-order valence-corrected chi connectivity index (χ4v) is 5.27. The normalized spacial score (nSPS) is 17.9. The molecule has 2 aromatic rings. The predicted molar refractivity (Wildman–Crippen MR) is 102 cm³/mol. The van der Waals surface area contributed by atoms with Crippen molar-refractivity contribution in [2.75, 3.05) is 17.9 Å². The van der Waals surface area contributed by atoms with Gasteiger partial charge >= 0.3 is 0 Å². The molecule has 27 heavy (non-hydrogen) atoms. The third kappa shape index (κ3) is 4.07. The minimum atomic E-state index is -4.07. The molecule has 4 nitrogen and oxygen atoms in total. The molecule has 0 radical (unpaired) electrons. The molecule has 0 aromatic heterocycles. The van der Waals surface area contributed by atoms with Gasteiger partial charge in [0, 0.05) is 0 Å². The molecular formula is C18H20ClF3N2O2S. The number of rotatable bonds is 5. The van der Waals surface area contributed by atoms with Crippen LogP contribution in [0.3, 0.4) is 0 Å². The van der Waals surface area contributed by atoms with Gasteiger partial charge in [-0.25, -0.2) is 25.9 Å². The van der Waals surface area contributed by atoms with Crippen LogP contribution < -0.4 is 9.62 Å². The van der Waals surface area contributed by atoms with Crippen LogP contribution >= 0.6 is 12.4 Å². The number of para-hydroxylation sites is 1. The molecular weight excluding hydrogens is 401 g/mol. The smallest absolute Gasteiger partial charge is 0.242 e. The molecule has 0 saturated heterocycles. The summed E-state index contributed by atoms with van der Waals surface area (Å²) in [4.78, 5) is 0. The van der Waals surface area contributed by atoms with E-state index in [1.54, 1.807) is 7.05 Å². The highest BCUT2D eigenvalue weighted by Crippen LogP contribution is 2.42. The number of hydrogen-bond acceptors (Lipinski definition) is 3. The molecule has 0 bridgehead atoms. The van der Waals surface area contributed by atoms with Gasteiger partial charge in [-0.3, -0.25) is 0 Å². The van der Waals surface area contributed by atoms with Crippen molar-refractivity contribution < 1.29 is 21.6 Å². The van der Waals surface area contributed by atoms with Crippen LogP contribution in [0.1, 0.15) is 18.4 Å². The highest BCUT2D eigenvalue weighted by atomic mass is 35.5. The second-order valence-electron chi connectivity index (χ2n) is 6.22. The average Bonchev–Trinajstić information content (AvgIpc) is 2.57. The van der Waals surface area contributed by atoms with E-state index in [0.29, 0.717) is 29.3 Å². The van der Waals surface area contributed by atoms with Gasteiger partial charge in [0.15, 0.2) is 11.6 Å². The maximum Gasteiger partial charge on any atom is 0.242 e. The topological polar surface area (TPSA) is 49.4 Å². The lowest BCUT2D eigenvalue weighted by molar-refractivity contribution is 0.545. The van der Waals surface area contributed by atoms with Crippen LogP contribution in [0.25, 0.3) is 0 Å². The quantitative estimate of drug-likeness (QED) is 0.746. The summed E-state index contributed by atoms with van der Waals surface area (Å²) in [7, 11) is -2.31. The van der Waals surface area contributed by atoms with Crippen LogP contribution in [-0.4, -0.2) is 27.3 Å². The molecule has 0 spiro atoms. The molecule has 148 valence electrons. The fraction of sp³-hybridized carbons (Fsp3) is 0.333. The third-order valence-electron chi connectivity index (χ3n) is 4.48. The van der Waals surface area contributed by atoms with Crippen LogP contribution in [0, 0.1) is 17.5 Å². The van der Waals surface area contributed by atoms with Crippen molar-refractivity contribution in [2.24, 2.45) is 0 Å². The lowest BCUT2D eigenvalue weighted by Crippen LogP contribution is -2.42. The molecule has 0 amide bonds. The molecule has 0 saturated carbocycles. The van der Waals surface area contributed by atoms with Gasteiger partial charge in [-0.2, -0.15) is 0 Å². The van der Waals surface area contributed by atoms with E-state index in [4.69, 9.17) is 0 Å². The van der Waals surface area contributed by atoms with Gasteiger partial charge in [0.25, 0.3) is 0 Å². The maximum atomic E-state index is 14.4. The van der Waals surface area contributed by atoms with Crippen molar-refractivity contribution >= 4 is 33.8 Å². The maximum absolute atomic E-state index is 14.4. The van der Waals surface area contributed by atoms with Gasteiger partial charge in [-0.15, -0.1) is 12.4 Å². The van der Waals surface area contributed by atoms with Gasteiger partial charge in [-0.1, -0.05) is 6.07 Å². The van der Waals surface area contributed by atoms with E-state index in [1.165, 1.54) is 18.2 Å². The SMILES string of the molecule is CNCCCC1Cc2cc(F)ccc2N(c2c(F)cccc2F)S1(=O)=O.Cl. The van der Waals surface area contributed by atoms with Crippen LogP contribution in [-0.2, 0) is 16.4 Å². The Morgan fingerprint density at radius 3 is 2.44 bits per heavy atom. The van der Waals surface area contributed by atoms with Crippen LogP contribution in [0.5, 0.6) is 0 Å². The van der Waals surface area contributed by atoms with Crippen molar-refractivity contribution in [3.63, 3.8) is 0 Å². The van der Waals surface area contributed by atoms with Crippen molar-refractivity contribution in [3.05, 3.63) is 59.4 Å². The number of benzene rings is 2. The predicted octanol–water partition coefficient (Wildman–Crippen LogP) is 3.92. The van der Waals surface area contributed by atoms with Crippen LogP contribution in [0.4, 0.5) is 24.5 Å². The van der Waals surface area contributed by atoms with Crippen molar-refractivity contribution in [3.8, 4) is 0 Å². The highest BCUT2D eigenvalue weighted by molar-refractivity contribution is 7.93. The molecule has 1 aliphatic heterocycles. The van der Waals surface area contributed by atoms with E-state index in [-0.39, 0.29) is 24.5 Å². The zero-order valence-corrected chi connectivity index (χ0v) is 16.2. The molecule has 3 rings (SSSR count). The Balaban J connectivity index is 0.00000261. The Hall–Kier alpha value is -1.77. The first-order valence-corrected chi connectivity index (χ1v) is 9.77. The Morgan fingerprint density at radius 1 is 1.15 bits per heavy atom. The Morgan fingerprint density at radius 2 is 1.81 bits per heavy atom. The zero-order chi connectivity index (χ0) is 18.9. The summed E-state index contributed by atoms with van der Waals surface area (Å²) in [5.41, 5.74) is -0.157. The average molecular weight is 421 g/mol. The molecule has 9 heteroatoms. The summed E-state index contributed by atoms with van der Waals surface area (Å²) in [6.07, 6.45) is 0.968. The first-order chi connectivity index (χ1) is 12.4. The number of nitrogens with one attached hydrogen (secondary N) is 1. The van der Waals surface area contributed by atoms with E-state index in [2.05, 4.69) is 5.32 Å². The molecule has 1 atom stereocenters. The standard InChI is InChI=1S/C18H19F3N2O2S.ClH/c1-22-9-3-4-14-11-12-10-13(19)7-8-17(12)23(26(14,24)25)18-15(20)5-2-6-16(18)21;/h2,5-8,10,14,22H,3-4,9,11H2,1H3;1H. The van der Waals surface area contributed by atoms with Crippen molar-refractivity contribution in [1.29, 1.82) is 0 Å². The molecule has 1 unspecified atom stereocenters. The fourth-order valence-electron chi connectivity index (χ4n) is 3.24. The van der Waals surface area contributed by atoms with Crippen LogP contribution in [0.2, 0.25) is 0 Å². The third-order valence-corrected chi connectivity index (χ3v) is 6.61. The van der Waals surface area contributed by atoms with Gasteiger partial charge in [-0.05, 0) is 68.8 Å². The molecule has 1 N–H and O–H groups in total. The minimum absolute atomic E-state index is 0. The van der Waals surface area contributed by atoms with Crippen molar-refractivity contribution in [1.82, 2.24) is 5.32 Å². The second-order valence-corrected chi connectivity index (χ2v) is 8.29. The summed E-state index contributed by atoms with van der Waals surface area (Å²) < 4.78 is 69.4. The summed E-state index contributed by atoms with van der Waals surface area (Å²) in [5, 5.41) is 2.05. The summed E-state index contributed by atoms with van der Waals surface area (Å²) in [6.45, 7) is 0.607. The number of sulfonamides is 1. The number of hydrogen-bond donors (Lipinski definition) is 1. The number of fused-ring (bicyclic) bond motifs is 1. The second kappa shape index (κ2) is 8.50. The van der Waals surface area contributed by atoms with E-state index in [0.717, 1.165) is 18.2 Å². The zero-order valence-electron chi connectivity index (χ0n) is 14.6. The minimum Gasteiger partial charge on any atom is -0.320 e. The number of nitrogens with zero attached hydrogens (tertiary/aromatic N) is 1. The summed E-state index contributed by atoms with van der Waals surface area (Å²) in [6, 6.07) is 6.73. The Kier molecular flexibility index (Phi) is 6.77. The molecule has 0 fully saturated rings. The number of anilines is 2. The molecule has 1 heterocycles. The largest absolute Gasteiger partial charge is 0.320 e. The molecule has 1 aliphatic rings.